The Bertz CT molecular complexity index is 326. The molecule has 4 heteroatoms. The van der Waals surface area contributed by atoms with E-state index in [9.17, 15) is 9.90 Å². The van der Waals surface area contributed by atoms with E-state index in [0.29, 0.717) is 12.5 Å². The molecule has 1 rings (SSSR count). The maximum absolute atomic E-state index is 11.9. The van der Waals surface area contributed by atoms with Crippen LogP contribution in [-0.4, -0.2) is 28.5 Å². The third kappa shape index (κ3) is 2.15. The third-order valence-electron chi connectivity index (χ3n) is 2.72. The lowest BCUT2D eigenvalue weighted by molar-refractivity contribution is -0.129. The van der Waals surface area contributed by atoms with E-state index < -0.39 is 0 Å². The van der Waals surface area contributed by atoms with Crippen molar-refractivity contribution >= 4 is 5.91 Å². The van der Waals surface area contributed by atoms with E-state index >= 15 is 0 Å². The molecule has 92 valence electrons. The second kappa shape index (κ2) is 4.00. The molecule has 0 bridgehead atoms. The second-order valence-electron chi connectivity index (χ2n) is 5.92. The van der Waals surface area contributed by atoms with E-state index in [0.717, 1.165) is 0 Å². The molecule has 3 N–H and O–H groups in total. The summed E-state index contributed by atoms with van der Waals surface area (Å²) in [5.74, 6) is 0.136. The summed E-state index contributed by atoms with van der Waals surface area (Å²) in [4.78, 5) is 13.6. The monoisotopic (exact) mass is 226 g/mol. The molecule has 0 saturated carbocycles. The zero-order chi connectivity index (χ0) is 12.7. The molecule has 0 saturated heterocycles. The smallest absolute Gasteiger partial charge is 0.273 e. The highest BCUT2D eigenvalue weighted by molar-refractivity contribution is 5.96. The van der Waals surface area contributed by atoms with Gasteiger partial charge in [-0.3, -0.25) is 4.79 Å². The number of aliphatic hydroxyl groups excluding tert-OH is 1. The molecule has 1 atom stereocenters. The van der Waals surface area contributed by atoms with E-state index in [4.69, 9.17) is 5.73 Å². The van der Waals surface area contributed by atoms with Crippen molar-refractivity contribution in [2.24, 2.45) is 17.1 Å². The summed E-state index contributed by atoms with van der Waals surface area (Å²) in [6, 6.07) is -0.303. The molecular weight excluding hydrogens is 204 g/mol. The molecule has 1 aliphatic heterocycles. The Labute approximate surface area is 97.1 Å². The Morgan fingerprint density at radius 1 is 1.44 bits per heavy atom. The van der Waals surface area contributed by atoms with Crippen LogP contribution in [0.5, 0.6) is 0 Å². The number of hydrogen-bond acceptors (Lipinski definition) is 3. The van der Waals surface area contributed by atoms with Crippen LogP contribution in [0.4, 0.5) is 0 Å². The van der Waals surface area contributed by atoms with Gasteiger partial charge in [0.15, 0.2) is 0 Å². The fourth-order valence-electron chi connectivity index (χ4n) is 2.14. The van der Waals surface area contributed by atoms with Gasteiger partial charge in [-0.1, -0.05) is 34.6 Å². The van der Waals surface area contributed by atoms with Crippen molar-refractivity contribution < 1.29 is 9.90 Å². The minimum Gasteiger partial charge on any atom is -0.508 e. The first-order valence-corrected chi connectivity index (χ1v) is 5.65. The number of carbonyl (C=O) groups excluding carboxylic acids is 1. The molecular formula is C12H22N2O2. The Morgan fingerprint density at radius 3 is 2.31 bits per heavy atom. The van der Waals surface area contributed by atoms with E-state index in [1.165, 1.54) is 0 Å². The fourth-order valence-corrected chi connectivity index (χ4v) is 2.14. The zero-order valence-electron chi connectivity index (χ0n) is 10.7. The minimum atomic E-state index is -0.303. The normalized spacial score (nSPS) is 22.5. The van der Waals surface area contributed by atoms with Gasteiger partial charge in [0, 0.05) is 6.54 Å². The number of nitrogens with two attached hydrogens (primary N) is 1. The van der Waals surface area contributed by atoms with Crippen molar-refractivity contribution in [1.82, 2.24) is 4.90 Å². The highest BCUT2D eigenvalue weighted by Gasteiger charge is 2.44. The van der Waals surface area contributed by atoms with Gasteiger partial charge in [0.2, 0.25) is 0 Å². The van der Waals surface area contributed by atoms with Crippen LogP contribution in [0.25, 0.3) is 0 Å². The summed E-state index contributed by atoms with van der Waals surface area (Å²) in [6.07, 6.45) is 0. The summed E-state index contributed by atoms with van der Waals surface area (Å²) in [5.41, 5.74) is 5.40. The summed E-state index contributed by atoms with van der Waals surface area (Å²) < 4.78 is 0. The molecule has 4 nitrogen and oxygen atoms in total. The van der Waals surface area contributed by atoms with Gasteiger partial charge in [-0.25, -0.2) is 0 Å². The Balaban J connectivity index is 3.05. The lowest BCUT2D eigenvalue weighted by atomic mass is 9.85. The topological polar surface area (TPSA) is 66.6 Å². The van der Waals surface area contributed by atoms with Gasteiger partial charge in [-0.15, -0.1) is 0 Å². The van der Waals surface area contributed by atoms with Gasteiger partial charge >= 0.3 is 0 Å². The van der Waals surface area contributed by atoms with Gasteiger partial charge in [-0.05, 0) is 11.3 Å². The van der Waals surface area contributed by atoms with Crippen molar-refractivity contribution in [3.63, 3.8) is 0 Å². The number of nitrogens with zero attached hydrogens (tertiary/aromatic N) is 1. The van der Waals surface area contributed by atoms with Gasteiger partial charge in [-0.2, -0.15) is 0 Å². The first-order chi connectivity index (χ1) is 7.16. The molecule has 1 unspecified atom stereocenters. The first kappa shape index (κ1) is 12.9. The van der Waals surface area contributed by atoms with Gasteiger partial charge in [0.25, 0.3) is 5.91 Å². The van der Waals surface area contributed by atoms with Crippen molar-refractivity contribution in [1.29, 1.82) is 0 Å². The Hall–Kier alpha value is -1.19. The summed E-state index contributed by atoms with van der Waals surface area (Å²) in [6.45, 7) is 10.7. The lowest BCUT2D eigenvalue weighted by Crippen LogP contribution is -2.45. The molecule has 0 aliphatic carbocycles. The highest BCUT2D eigenvalue weighted by atomic mass is 16.3. The van der Waals surface area contributed by atoms with Gasteiger partial charge in [0.1, 0.15) is 11.5 Å². The molecule has 0 radical (unpaired) electrons. The van der Waals surface area contributed by atoms with E-state index in [-0.39, 0.29) is 28.8 Å². The summed E-state index contributed by atoms with van der Waals surface area (Å²) >= 11 is 0. The maximum atomic E-state index is 11.9. The fraction of sp³-hybridized carbons (Fsp3) is 0.750. The summed E-state index contributed by atoms with van der Waals surface area (Å²) in [7, 11) is 0. The van der Waals surface area contributed by atoms with Crippen LogP contribution in [0.3, 0.4) is 0 Å². The van der Waals surface area contributed by atoms with Gasteiger partial charge < -0.3 is 15.7 Å². The molecule has 0 spiro atoms. The standard InChI is InChI=1S/C12H22N2O2/c1-7(2)6-14-10(12(3,4)5)9(15)8(13)11(14)16/h7,10,15H,6,13H2,1-5H3. The molecule has 1 heterocycles. The maximum Gasteiger partial charge on any atom is 0.273 e. The molecule has 1 amide bonds. The number of hydrogen-bond donors (Lipinski definition) is 2. The SMILES string of the molecule is CC(C)CN1C(=O)C(N)=C(O)C1C(C)(C)C. The molecule has 16 heavy (non-hydrogen) atoms. The predicted molar refractivity (Wildman–Crippen MR) is 63.6 cm³/mol. The van der Waals surface area contributed by atoms with Crippen LogP contribution in [0.15, 0.2) is 11.5 Å². The molecule has 0 aromatic rings. The Kier molecular flexibility index (Phi) is 3.22. The lowest BCUT2D eigenvalue weighted by Gasteiger charge is -2.35. The quantitative estimate of drug-likeness (QED) is 0.752. The molecule has 1 aliphatic rings. The van der Waals surface area contributed by atoms with Crippen LogP contribution < -0.4 is 5.73 Å². The number of aliphatic hydroxyl groups is 1. The highest BCUT2D eigenvalue weighted by Crippen LogP contribution is 2.35. The van der Waals surface area contributed by atoms with Crippen LogP contribution in [-0.2, 0) is 4.79 Å². The average Bonchev–Trinajstić information content (AvgIpc) is 2.29. The first-order valence-electron chi connectivity index (χ1n) is 5.65. The summed E-state index contributed by atoms with van der Waals surface area (Å²) in [5, 5.41) is 9.94. The molecule has 0 aromatic carbocycles. The van der Waals surface area contributed by atoms with Crippen molar-refractivity contribution in [2.45, 2.75) is 40.7 Å². The van der Waals surface area contributed by atoms with Crippen LogP contribution >= 0.6 is 0 Å². The second-order valence-corrected chi connectivity index (χ2v) is 5.92. The van der Waals surface area contributed by atoms with E-state index in [2.05, 4.69) is 0 Å². The van der Waals surface area contributed by atoms with E-state index in [1.807, 2.05) is 34.6 Å². The number of rotatable bonds is 2. The number of carbonyl (C=O) groups is 1. The van der Waals surface area contributed by atoms with Crippen molar-refractivity contribution in [3.05, 3.63) is 11.5 Å². The zero-order valence-corrected chi connectivity index (χ0v) is 10.7. The largest absolute Gasteiger partial charge is 0.508 e. The minimum absolute atomic E-state index is 0.000532. The predicted octanol–water partition coefficient (Wildman–Crippen LogP) is 1.63. The molecule has 0 aromatic heterocycles. The molecule has 0 fully saturated rings. The van der Waals surface area contributed by atoms with E-state index in [1.54, 1.807) is 4.90 Å². The van der Waals surface area contributed by atoms with Crippen LogP contribution in [0.1, 0.15) is 34.6 Å². The van der Waals surface area contributed by atoms with Gasteiger partial charge in [0.05, 0.1) is 6.04 Å². The average molecular weight is 226 g/mol. The van der Waals surface area contributed by atoms with Crippen LogP contribution in [0, 0.1) is 11.3 Å². The Morgan fingerprint density at radius 2 is 1.94 bits per heavy atom. The third-order valence-corrected chi connectivity index (χ3v) is 2.72. The van der Waals surface area contributed by atoms with Crippen molar-refractivity contribution in [2.75, 3.05) is 6.54 Å². The number of amides is 1. The van der Waals surface area contributed by atoms with Crippen LogP contribution in [0.2, 0.25) is 0 Å². The van der Waals surface area contributed by atoms with Crippen molar-refractivity contribution in [3.8, 4) is 0 Å².